The largest absolute Gasteiger partial charge is 0.455 e. The van der Waals surface area contributed by atoms with Crippen molar-refractivity contribution in [2.24, 2.45) is 46.3 Å². The van der Waals surface area contributed by atoms with Crippen LogP contribution in [0, 0.1) is 46.3 Å². The zero-order valence-electron chi connectivity index (χ0n) is 25.8. The molecule has 0 amide bonds. The highest BCUT2D eigenvalue weighted by molar-refractivity contribution is 5.75. The summed E-state index contributed by atoms with van der Waals surface area (Å²) in [6.45, 7) is 22.6. The summed E-state index contributed by atoms with van der Waals surface area (Å²) < 4.78 is 6.05. The number of hydrogen-bond donors (Lipinski definition) is 5. The molecule has 2 fully saturated rings. The quantitative estimate of drug-likeness (QED) is 0.268. The van der Waals surface area contributed by atoms with Crippen LogP contribution < -0.4 is 5.32 Å². The van der Waals surface area contributed by atoms with Gasteiger partial charge in [-0.05, 0) is 68.4 Å². The van der Waals surface area contributed by atoms with Crippen molar-refractivity contribution in [2.75, 3.05) is 7.05 Å². The van der Waals surface area contributed by atoms with E-state index in [0.717, 1.165) is 11.1 Å². The Morgan fingerprint density at radius 2 is 1.63 bits per heavy atom. The van der Waals surface area contributed by atoms with Crippen molar-refractivity contribution in [3.63, 3.8) is 0 Å². The normalized spacial score (nSPS) is 48.4. The van der Waals surface area contributed by atoms with Crippen molar-refractivity contribution >= 4 is 5.97 Å². The van der Waals surface area contributed by atoms with Crippen molar-refractivity contribution < 1.29 is 30.0 Å². The average molecular weight is 538 g/mol. The van der Waals surface area contributed by atoms with Crippen molar-refractivity contribution in [1.29, 1.82) is 0 Å². The number of rotatable bonds is 5. The summed E-state index contributed by atoms with van der Waals surface area (Å²) in [5.74, 6) is -1.80. The van der Waals surface area contributed by atoms with Gasteiger partial charge in [0.1, 0.15) is 6.10 Å². The predicted molar refractivity (Wildman–Crippen MR) is 149 cm³/mol. The second-order valence-corrected chi connectivity index (χ2v) is 13.9. The molecule has 0 radical (unpaired) electrons. The minimum atomic E-state index is -1.37. The molecule has 3 rings (SSSR count). The summed E-state index contributed by atoms with van der Waals surface area (Å²) >= 11 is 0. The Morgan fingerprint density at radius 1 is 1.08 bits per heavy atom. The van der Waals surface area contributed by atoms with E-state index in [1.807, 2.05) is 27.7 Å². The van der Waals surface area contributed by atoms with E-state index >= 15 is 0 Å². The molecule has 7 heteroatoms. The lowest BCUT2D eigenvalue weighted by molar-refractivity contribution is -0.279. The Morgan fingerprint density at radius 3 is 2.13 bits per heavy atom. The maximum atomic E-state index is 13.1. The maximum Gasteiger partial charge on any atom is 0.337 e. The van der Waals surface area contributed by atoms with Gasteiger partial charge in [-0.2, -0.15) is 0 Å². The highest BCUT2D eigenvalue weighted by atomic mass is 16.6. The lowest BCUT2D eigenvalue weighted by atomic mass is 9.38. The van der Waals surface area contributed by atoms with Crippen molar-refractivity contribution in [3.05, 3.63) is 11.1 Å². The third-order valence-electron chi connectivity index (χ3n) is 12.5. The molecule has 2 bridgehead atoms. The first-order valence-corrected chi connectivity index (χ1v) is 14.7. The van der Waals surface area contributed by atoms with E-state index in [2.05, 4.69) is 46.9 Å². The van der Waals surface area contributed by atoms with E-state index in [-0.39, 0.29) is 23.2 Å². The van der Waals surface area contributed by atoms with Gasteiger partial charge in [0.05, 0.1) is 17.3 Å². The number of likely N-dealkylation sites (N-methyl/N-ethyl adjacent to an activating group) is 1. The van der Waals surface area contributed by atoms with Crippen LogP contribution in [-0.2, 0) is 9.53 Å². The molecular formula is C31H55NO6. The Labute approximate surface area is 230 Å². The lowest BCUT2D eigenvalue weighted by Gasteiger charge is -2.69. The van der Waals surface area contributed by atoms with E-state index < -0.39 is 64.7 Å². The first-order chi connectivity index (χ1) is 17.3. The first-order valence-electron chi connectivity index (χ1n) is 14.7. The van der Waals surface area contributed by atoms with Crippen LogP contribution in [0.15, 0.2) is 11.1 Å². The van der Waals surface area contributed by atoms with Crippen LogP contribution in [0.5, 0.6) is 0 Å². The SMILES string of the molecule is CCC1(O)C(O)CC(C)[C@@]2(C)C(C)C(C)C3=C(C)C(OC(=O)C(O)C(C)NC)[C@H](C)C(O)(C(C)C12)C3(C)C. The number of fused-ring (bicyclic) bond motifs is 3. The third-order valence-corrected chi connectivity index (χ3v) is 12.5. The van der Waals surface area contributed by atoms with E-state index in [1.54, 1.807) is 14.0 Å². The molecular weight excluding hydrogens is 482 g/mol. The summed E-state index contributed by atoms with van der Waals surface area (Å²) in [6.07, 6.45) is -2.06. The van der Waals surface area contributed by atoms with E-state index in [9.17, 15) is 25.2 Å². The molecule has 0 aromatic carbocycles. The van der Waals surface area contributed by atoms with Crippen molar-refractivity contribution in [1.82, 2.24) is 5.32 Å². The van der Waals surface area contributed by atoms with E-state index in [4.69, 9.17) is 4.74 Å². The molecule has 7 nitrogen and oxygen atoms in total. The predicted octanol–water partition coefficient (Wildman–Crippen LogP) is 3.68. The van der Waals surface area contributed by atoms with Gasteiger partial charge in [0.2, 0.25) is 0 Å². The van der Waals surface area contributed by atoms with Crippen LogP contribution >= 0.6 is 0 Å². The minimum absolute atomic E-state index is 0.0187. The number of carbonyl (C=O) groups excluding carboxylic acids is 1. The number of carbonyl (C=O) groups is 1. The van der Waals surface area contributed by atoms with Gasteiger partial charge in [0.15, 0.2) is 6.10 Å². The van der Waals surface area contributed by atoms with Crippen LogP contribution in [0.25, 0.3) is 0 Å². The molecule has 3 aliphatic rings. The summed E-state index contributed by atoms with van der Waals surface area (Å²) in [7, 11) is 1.68. The van der Waals surface area contributed by atoms with E-state index in [0.29, 0.717) is 12.8 Å². The number of aliphatic hydroxyl groups excluding tert-OH is 2. The molecule has 220 valence electrons. The van der Waals surface area contributed by atoms with Crippen LogP contribution in [0.2, 0.25) is 0 Å². The molecule has 0 aliphatic heterocycles. The third kappa shape index (κ3) is 3.97. The van der Waals surface area contributed by atoms with Crippen LogP contribution in [-0.4, -0.2) is 69.0 Å². The van der Waals surface area contributed by atoms with Gasteiger partial charge >= 0.3 is 5.97 Å². The molecule has 0 aromatic rings. The molecule has 38 heavy (non-hydrogen) atoms. The molecule has 0 spiro atoms. The molecule has 3 aliphatic carbocycles. The second kappa shape index (κ2) is 10.1. The first kappa shape index (κ1) is 31.5. The molecule has 2 saturated carbocycles. The molecule has 0 saturated heterocycles. The van der Waals surface area contributed by atoms with Gasteiger partial charge in [-0.3, -0.25) is 0 Å². The van der Waals surface area contributed by atoms with Gasteiger partial charge in [0.25, 0.3) is 0 Å². The zero-order valence-corrected chi connectivity index (χ0v) is 25.8. The number of nitrogens with one attached hydrogen (secondary N) is 1. The smallest absolute Gasteiger partial charge is 0.337 e. The van der Waals surface area contributed by atoms with Crippen LogP contribution in [0.3, 0.4) is 0 Å². The minimum Gasteiger partial charge on any atom is -0.455 e. The highest BCUT2D eigenvalue weighted by Gasteiger charge is 2.70. The highest BCUT2D eigenvalue weighted by Crippen LogP contribution is 2.68. The number of ether oxygens (including phenoxy) is 1. The fourth-order valence-corrected chi connectivity index (χ4v) is 9.74. The summed E-state index contributed by atoms with van der Waals surface area (Å²) in [5.41, 5.74) is -1.76. The maximum absolute atomic E-state index is 13.1. The fourth-order valence-electron chi connectivity index (χ4n) is 9.74. The molecule has 5 N–H and O–H groups in total. The average Bonchev–Trinajstić information content (AvgIpc) is 2.86. The standard InChI is InChI=1S/C31H55NO6/c1-13-30(36)22(33)14-15(2)29(11)18(5)16(3)23-17(4)25(38-27(35)24(34)21(8)32-12)19(6)31(37,28(23,9)10)20(7)26(29)30/h15-16,18-22,24-26,32-34,36-37H,13-14H2,1-12H3/t15?,16?,18?,19-,20?,21?,22?,24?,25?,26?,29-,30?,31?/m0/s1. The molecule has 11 unspecified atom stereocenters. The number of hydrogen-bond acceptors (Lipinski definition) is 7. The van der Waals surface area contributed by atoms with Crippen LogP contribution in [0.1, 0.15) is 89.0 Å². The molecule has 13 atom stereocenters. The Kier molecular flexibility index (Phi) is 8.41. The number of esters is 1. The van der Waals surface area contributed by atoms with Gasteiger partial charge in [-0.15, -0.1) is 0 Å². The Balaban J connectivity index is 2.31. The van der Waals surface area contributed by atoms with Gasteiger partial charge < -0.3 is 30.5 Å². The van der Waals surface area contributed by atoms with Crippen molar-refractivity contribution in [3.8, 4) is 0 Å². The molecule has 0 aromatic heterocycles. The summed E-state index contributed by atoms with van der Waals surface area (Å²) in [4.78, 5) is 13.1. The number of aliphatic hydroxyl groups is 4. The van der Waals surface area contributed by atoms with Gasteiger partial charge in [0, 0.05) is 23.3 Å². The monoisotopic (exact) mass is 537 g/mol. The van der Waals surface area contributed by atoms with Gasteiger partial charge in [-0.1, -0.05) is 67.9 Å². The lowest BCUT2D eigenvalue weighted by Crippen LogP contribution is -2.73. The molecule has 0 heterocycles. The topological polar surface area (TPSA) is 119 Å². The van der Waals surface area contributed by atoms with E-state index in [1.165, 1.54) is 0 Å². The summed E-state index contributed by atoms with van der Waals surface area (Å²) in [6, 6.07) is -0.484. The van der Waals surface area contributed by atoms with Gasteiger partial charge in [-0.25, -0.2) is 4.79 Å². The second-order valence-electron chi connectivity index (χ2n) is 13.9. The van der Waals surface area contributed by atoms with Crippen molar-refractivity contribution in [2.45, 2.75) is 125 Å². The Bertz CT molecular complexity index is 949. The van der Waals surface area contributed by atoms with Crippen LogP contribution in [0.4, 0.5) is 0 Å². The Hall–Kier alpha value is -0.990. The zero-order chi connectivity index (χ0) is 29.3. The fraction of sp³-hybridized carbons (Fsp3) is 0.903. The summed E-state index contributed by atoms with van der Waals surface area (Å²) in [5, 5.41) is 50.0.